The Morgan fingerprint density at radius 2 is 2.12 bits per heavy atom. The quantitative estimate of drug-likeness (QED) is 0.705. The molecule has 25 heavy (non-hydrogen) atoms. The maximum Gasteiger partial charge on any atom is 0.347 e. The number of fused-ring (bicyclic) bond motifs is 7. The standard InChI is InChI=1S/C17H14O8/c1-22-8-4-9-13(17(21)10(19)5-23-16(17)24-9)14-12(8)6-2-3-7(18)11(6)15(20)25-14/h4,10,16,19,21H,2-3,5H2,1H3. The Morgan fingerprint density at radius 1 is 1.32 bits per heavy atom. The predicted octanol–water partition coefficient (Wildman–Crippen LogP) is 0.228. The molecule has 3 aliphatic rings. The molecule has 1 aromatic heterocycles. The van der Waals surface area contributed by atoms with E-state index in [0.29, 0.717) is 23.1 Å². The Bertz CT molecular complexity index is 1010. The highest BCUT2D eigenvalue weighted by atomic mass is 16.7. The van der Waals surface area contributed by atoms with Gasteiger partial charge in [-0.1, -0.05) is 0 Å². The number of methoxy groups -OCH3 is 1. The van der Waals surface area contributed by atoms with Gasteiger partial charge in [-0.25, -0.2) is 4.79 Å². The maximum absolute atomic E-state index is 12.4. The van der Waals surface area contributed by atoms with Gasteiger partial charge >= 0.3 is 5.63 Å². The van der Waals surface area contributed by atoms with E-state index in [1.165, 1.54) is 7.11 Å². The lowest BCUT2D eigenvalue weighted by molar-refractivity contribution is -0.139. The molecule has 3 heterocycles. The average molecular weight is 346 g/mol. The Balaban J connectivity index is 1.95. The molecule has 3 atom stereocenters. The van der Waals surface area contributed by atoms with Gasteiger partial charge in [0.1, 0.15) is 23.2 Å². The molecule has 0 saturated carbocycles. The first-order valence-electron chi connectivity index (χ1n) is 7.89. The van der Waals surface area contributed by atoms with Crippen molar-refractivity contribution in [2.75, 3.05) is 13.7 Å². The Morgan fingerprint density at radius 3 is 2.88 bits per heavy atom. The van der Waals surface area contributed by atoms with Crippen LogP contribution in [0.15, 0.2) is 15.3 Å². The summed E-state index contributed by atoms with van der Waals surface area (Å²) in [6.45, 7) is -0.109. The van der Waals surface area contributed by atoms with Gasteiger partial charge in [0.2, 0.25) is 6.29 Å². The van der Waals surface area contributed by atoms with E-state index < -0.39 is 23.6 Å². The number of ketones is 1. The molecule has 8 nitrogen and oxygen atoms in total. The van der Waals surface area contributed by atoms with Crippen molar-refractivity contribution in [2.24, 2.45) is 0 Å². The van der Waals surface area contributed by atoms with E-state index in [-0.39, 0.29) is 41.3 Å². The van der Waals surface area contributed by atoms with Crippen LogP contribution in [-0.2, 0) is 16.8 Å². The summed E-state index contributed by atoms with van der Waals surface area (Å²) >= 11 is 0. The minimum Gasteiger partial charge on any atom is -0.496 e. The molecule has 0 spiro atoms. The number of hydrogen-bond acceptors (Lipinski definition) is 8. The number of hydrogen-bond donors (Lipinski definition) is 2. The summed E-state index contributed by atoms with van der Waals surface area (Å²) in [5.74, 6) is 0.301. The third-order valence-electron chi connectivity index (χ3n) is 5.22. The fourth-order valence-corrected chi connectivity index (χ4v) is 4.03. The predicted molar refractivity (Wildman–Crippen MR) is 82.0 cm³/mol. The molecule has 2 N–H and O–H groups in total. The first kappa shape index (κ1) is 14.9. The molecule has 0 radical (unpaired) electrons. The van der Waals surface area contributed by atoms with Crippen LogP contribution >= 0.6 is 0 Å². The van der Waals surface area contributed by atoms with Crippen molar-refractivity contribution in [3.05, 3.63) is 33.2 Å². The van der Waals surface area contributed by atoms with Crippen LogP contribution in [0.2, 0.25) is 0 Å². The van der Waals surface area contributed by atoms with Gasteiger partial charge in [-0.3, -0.25) is 4.79 Å². The molecular formula is C17H14O8. The number of ether oxygens (including phenoxy) is 3. The van der Waals surface area contributed by atoms with Gasteiger partial charge in [0, 0.05) is 12.5 Å². The topological polar surface area (TPSA) is 115 Å². The summed E-state index contributed by atoms with van der Waals surface area (Å²) in [5.41, 5.74) is -1.85. The molecule has 2 aromatic rings. The molecule has 1 aliphatic carbocycles. The van der Waals surface area contributed by atoms with Gasteiger partial charge in [-0.05, 0) is 12.0 Å². The van der Waals surface area contributed by atoms with Gasteiger partial charge in [0.05, 0.1) is 24.7 Å². The van der Waals surface area contributed by atoms with Crippen molar-refractivity contribution in [3.8, 4) is 11.5 Å². The van der Waals surface area contributed by atoms with E-state index in [9.17, 15) is 19.8 Å². The zero-order valence-corrected chi connectivity index (χ0v) is 13.2. The van der Waals surface area contributed by atoms with Crippen LogP contribution in [0.5, 0.6) is 11.5 Å². The summed E-state index contributed by atoms with van der Waals surface area (Å²) in [7, 11) is 1.45. The fraction of sp³-hybridized carbons (Fsp3) is 0.412. The van der Waals surface area contributed by atoms with Crippen LogP contribution in [0.3, 0.4) is 0 Å². The van der Waals surface area contributed by atoms with Crippen molar-refractivity contribution >= 4 is 16.8 Å². The van der Waals surface area contributed by atoms with Crippen LogP contribution in [-0.4, -0.2) is 42.1 Å². The number of aryl methyl sites for hydroxylation is 1. The molecule has 1 saturated heterocycles. The van der Waals surface area contributed by atoms with Crippen molar-refractivity contribution in [2.45, 2.75) is 30.8 Å². The second-order valence-electron chi connectivity index (χ2n) is 6.45. The van der Waals surface area contributed by atoms with Crippen molar-refractivity contribution < 1.29 is 33.6 Å². The minimum atomic E-state index is -1.85. The molecule has 1 aromatic carbocycles. The Labute approximate surface area is 140 Å². The summed E-state index contributed by atoms with van der Waals surface area (Å²) in [6.07, 6.45) is -1.74. The van der Waals surface area contributed by atoms with E-state index in [1.807, 2.05) is 0 Å². The lowest BCUT2D eigenvalue weighted by Crippen LogP contribution is -2.42. The maximum atomic E-state index is 12.4. The SMILES string of the molecule is COc1cc2c(c3oc(=O)c4c(c13)CCC4=O)C1(O)C(O)COC1O2. The highest BCUT2D eigenvalue weighted by Crippen LogP contribution is 2.53. The summed E-state index contributed by atoms with van der Waals surface area (Å²) in [6, 6.07) is 1.55. The van der Waals surface area contributed by atoms with E-state index in [2.05, 4.69) is 0 Å². The minimum absolute atomic E-state index is 0.0245. The number of benzene rings is 1. The lowest BCUT2D eigenvalue weighted by Gasteiger charge is -2.23. The van der Waals surface area contributed by atoms with Gasteiger partial charge in [0.25, 0.3) is 0 Å². The molecule has 8 heteroatoms. The third-order valence-corrected chi connectivity index (χ3v) is 5.22. The molecule has 0 amide bonds. The van der Waals surface area contributed by atoms with E-state index in [0.717, 1.165) is 0 Å². The summed E-state index contributed by atoms with van der Waals surface area (Å²) in [5, 5.41) is 21.7. The first-order chi connectivity index (χ1) is 12.0. The lowest BCUT2D eigenvalue weighted by atomic mass is 9.88. The van der Waals surface area contributed by atoms with Crippen molar-refractivity contribution in [3.63, 3.8) is 0 Å². The summed E-state index contributed by atoms with van der Waals surface area (Å²) in [4.78, 5) is 24.4. The molecule has 130 valence electrons. The number of aliphatic hydroxyl groups is 2. The molecular weight excluding hydrogens is 332 g/mol. The molecule has 5 rings (SSSR count). The van der Waals surface area contributed by atoms with E-state index in [4.69, 9.17) is 18.6 Å². The van der Waals surface area contributed by atoms with E-state index in [1.54, 1.807) is 6.07 Å². The number of aliphatic hydroxyl groups excluding tert-OH is 1. The molecule has 3 unspecified atom stereocenters. The molecule has 0 bridgehead atoms. The van der Waals surface area contributed by atoms with Crippen LogP contribution in [0.1, 0.15) is 27.9 Å². The van der Waals surface area contributed by atoms with Crippen LogP contribution in [0, 0.1) is 0 Å². The number of Topliss-reactive ketones (excluding diaryl/α,β-unsaturated/α-hetero) is 1. The highest BCUT2D eigenvalue weighted by molar-refractivity contribution is 6.06. The van der Waals surface area contributed by atoms with Crippen molar-refractivity contribution in [1.29, 1.82) is 0 Å². The van der Waals surface area contributed by atoms with Crippen molar-refractivity contribution in [1.82, 2.24) is 0 Å². The normalized spacial score (nSPS) is 29.5. The van der Waals surface area contributed by atoms with Gasteiger partial charge in [-0.15, -0.1) is 0 Å². The van der Waals surface area contributed by atoms with Crippen LogP contribution in [0.25, 0.3) is 11.0 Å². The fourth-order valence-electron chi connectivity index (χ4n) is 4.03. The van der Waals surface area contributed by atoms with Gasteiger partial charge < -0.3 is 28.8 Å². The van der Waals surface area contributed by atoms with Gasteiger partial charge in [0.15, 0.2) is 17.0 Å². The second kappa shape index (κ2) is 4.60. The summed E-state index contributed by atoms with van der Waals surface area (Å²) < 4.78 is 21.7. The first-order valence-corrected chi connectivity index (χ1v) is 7.89. The zero-order valence-electron chi connectivity index (χ0n) is 13.2. The number of rotatable bonds is 1. The smallest absolute Gasteiger partial charge is 0.347 e. The number of carbonyl (C=O) groups is 1. The average Bonchev–Trinajstić information content (AvgIpc) is 3.19. The Hall–Kier alpha value is -2.42. The zero-order chi connectivity index (χ0) is 17.5. The number of carbonyl (C=O) groups excluding carboxylic acids is 1. The monoisotopic (exact) mass is 346 g/mol. The van der Waals surface area contributed by atoms with Crippen LogP contribution in [0.4, 0.5) is 0 Å². The van der Waals surface area contributed by atoms with Gasteiger partial charge in [-0.2, -0.15) is 0 Å². The molecule has 2 aliphatic heterocycles. The third kappa shape index (κ3) is 1.61. The molecule has 1 fully saturated rings. The van der Waals surface area contributed by atoms with E-state index >= 15 is 0 Å². The Kier molecular flexibility index (Phi) is 2.74. The second-order valence-corrected chi connectivity index (χ2v) is 6.45. The largest absolute Gasteiger partial charge is 0.496 e. The highest BCUT2D eigenvalue weighted by Gasteiger charge is 2.60. The van der Waals surface area contributed by atoms with Crippen LogP contribution < -0.4 is 15.1 Å².